The van der Waals surface area contributed by atoms with Crippen molar-refractivity contribution in [3.63, 3.8) is 0 Å². The Morgan fingerprint density at radius 1 is 1.36 bits per heavy atom. The van der Waals surface area contributed by atoms with Crippen LogP contribution in [0.3, 0.4) is 0 Å². The highest BCUT2D eigenvalue weighted by Gasteiger charge is 2.34. The smallest absolute Gasteiger partial charge is 0.387 e. The van der Waals surface area contributed by atoms with E-state index in [9.17, 15) is 27.5 Å². The van der Waals surface area contributed by atoms with Crippen molar-refractivity contribution in [3.8, 4) is 0 Å². The molecule has 0 saturated carbocycles. The standard InChI is InChI=1S/C13H16F4N2O2S/c1-12(21,7-22-2)6-18-11(20)19-8-3-4-10(14)9(5-8)13(15,16)17/h3-5,21H,6-7H2,1-2H3,(H2,18,19,20). The molecule has 1 unspecified atom stereocenters. The number of thioether (sulfide) groups is 1. The molecule has 0 radical (unpaired) electrons. The fraction of sp³-hybridized carbons (Fsp3) is 0.462. The van der Waals surface area contributed by atoms with Crippen LogP contribution in [-0.2, 0) is 6.18 Å². The topological polar surface area (TPSA) is 61.4 Å². The zero-order chi connectivity index (χ0) is 17.0. The molecule has 0 bridgehead atoms. The van der Waals surface area contributed by atoms with Crippen molar-refractivity contribution in [1.29, 1.82) is 0 Å². The van der Waals surface area contributed by atoms with Crippen LogP contribution in [0.1, 0.15) is 12.5 Å². The van der Waals surface area contributed by atoms with Gasteiger partial charge in [-0.25, -0.2) is 9.18 Å². The number of amides is 2. The summed E-state index contributed by atoms with van der Waals surface area (Å²) in [5, 5.41) is 14.4. The molecule has 4 nitrogen and oxygen atoms in total. The first-order valence-electron chi connectivity index (χ1n) is 6.18. The largest absolute Gasteiger partial charge is 0.419 e. The normalized spacial score (nSPS) is 14.3. The van der Waals surface area contributed by atoms with Gasteiger partial charge in [-0.15, -0.1) is 0 Å². The van der Waals surface area contributed by atoms with Gasteiger partial charge in [0.25, 0.3) is 0 Å². The van der Waals surface area contributed by atoms with Gasteiger partial charge < -0.3 is 15.7 Å². The third kappa shape index (κ3) is 5.72. The summed E-state index contributed by atoms with van der Waals surface area (Å²) < 4.78 is 50.8. The van der Waals surface area contributed by atoms with Crippen LogP contribution in [0, 0.1) is 5.82 Å². The highest BCUT2D eigenvalue weighted by molar-refractivity contribution is 7.98. The average Bonchev–Trinajstić information content (AvgIpc) is 2.37. The summed E-state index contributed by atoms with van der Waals surface area (Å²) in [7, 11) is 0. The Balaban J connectivity index is 2.70. The quantitative estimate of drug-likeness (QED) is 0.722. The Morgan fingerprint density at radius 3 is 2.55 bits per heavy atom. The molecule has 0 heterocycles. The van der Waals surface area contributed by atoms with Crippen LogP contribution in [0.25, 0.3) is 0 Å². The number of anilines is 1. The number of rotatable bonds is 5. The van der Waals surface area contributed by atoms with Gasteiger partial charge in [-0.3, -0.25) is 0 Å². The van der Waals surface area contributed by atoms with Crippen molar-refractivity contribution >= 4 is 23.5 Å². The number of urea groups is 1. The molecule has 9 heteroatoms. The van der Waals surface area contributed by atoms with E-state index in [1.165, 1.54) is 18.7 Å². The summed E-state index contributed by atoms with van der Waals surface area (Å²) in [5.41, 5.74) is -2.80. The molecule has 0 aromatic heterocycles. The summed E-state index contributed by atoms with van der Waals surface area (Å²) >= 11 is 1.38. The van der Waals surface area contributed by atoms with E-state index in [1.54, 1.807) is 6.26 Å². The van der Waals surface area contributed by atoms with Crippen LogP contribution in [0.4, 0.5) is 28.0 Å². The maximum Gasteiger partial charge on any atom is 0.419 e. The summed E-state index contributed by atoms with van der Waals surface area (Å²) in [6.07, 6.45) is -3.06. The second-order valence-electron chi connectivity index (χ2n) is 4.93. The van der Waals surface area contributed by atoms with E-state index in [2.05, 4.69) is 10.6 Å². The third-order valence-corrected chi connectivity index (χ3v) is 3.53. The molecule has 0 aliphatic heterocycles. The van der Waals surface area contributed by atoms with Crippen molar-refractivity contribution in [2.45, 2.75) is 18.7 Å². The second kappa shape index (κ2) is 7.19. The lowest BCUT2D eigenvalue weighted by Crippen LogP contribution is -2.43. The van der Waals surface area contributed by atoms with Crippen LogP contribution in [0.15, 0.2) is 18.2 Å². The van der Waals surface area contributed by atoms with E-state index in [0.717, 1.165) is 6.07 Å². The van der Waals surface area contributed by atoms with Gasteiger partial charge in [0.05, 0.1) is 11.2 Å². The van der Waals surface area contributed by atoms with Crippen LogP contribution in [0.5, 0.6) is 0 Å². The summed E-state index contributed by atoms with van der Waals surface area (Å²) in [5.74, 6) is -1.04. The summed E-state index contributed by atoms with van der Waals surface area (Å²) in [6, 6.07) is 1.36. The van der Waals surface area contributed by atoms with Gasteiger partial charge >= 0.3 is 12.2 Å². The monoisotopic (exact) mass is 340 g/mol. The van der Waals surface area contributed by atoms with E-state index in [4.69, 9.17) is 0 Å². The van der Waals surface area contributed by atoms with E-state index < -0.39 is 29.2 Å². The summed E-state index contributed by atoms with van der Waals surface area (Å²) in [6.45, 7) is 1.44. The zero-order valence-corrected chi connectivity index (χ0v) is 12.7. The average molecular weight is 340 g/mol. The molecular formula is C13H16F4N2O2S. The van der Waals surface area contributed by atoms with Crippen molar-refractivity contribution < 1.29 is 27.5 Å². The lowest BCUT2D eigenvalue weighted by atomic mass is 10.1. The predicted octanol–water partition coefficient (Wildman–Crippen LogP) is 3.08. The number of carbonyl (C=O) groups is 1. The Bertz CT molecular complexity index is 535. The van der Waals surface area contributed by atoms with E-state index in [-0.39, 0.29) is 12.2 Å². The second-order valence-corrected chi connectivity index (χ2v) is 5.80. The van der Waals surface area contributed by atoms with Crippen LogP contribution >= 0.6 is 11.8 Å². The van der Waals surface area contributed by atoms with Gasteiger partial charge in [0.2, 0.25) is 0 Å². The number of hydrogen-bond donors (Lipinski definition) is 3. The molecule has 124 valence electrons. The molecular weight excluding hydrogens is 324 g/mol. The Morgan fingerprint density at radius 2 is 2.00 bits per heavy atom. The molecule has 1 rings (SSSR count). The lowest BCUT2D eigenvalue weighted by molar-refractivity contribution is -0.139. The third-order valence-electron chi connectivity index (χ3n) is 2.61. The van der Waals surface area contributed by atoms with Crippen molar-refractivity contribution in [2.24, 2.45) is 0 Å². The molecule has 0 aliphatic rings. The Kier molecular flexibility index (Phi) is 6.07. The van der Waals surface area contributed by atoms with E-state index in [0.29, 0.717) is 17.9 Å². The maximum atomic E-state index is 13.1. The molecule has 22 heavy (non-hydrogen) atoms. The van der Waals surface area contributed by atoms with Crippen LogP contribution in [0.2, 0.25) is 0 Å². The highest BCUT2D eigenvalue weighted by atomic mass is 32.2. The number of aliphatic hydroxyl groups is 1. The van der Waals surface area contributed by atoms with E-state index >= 15 is 0 Å². The fourth-order valence-electron chi connectivity index (χ4n) is 1.63. The van der Waals surface area contributed by atoms with Gasteiger partial charge in [-0.2, -0.15) is 24.9 Å². The van der Waals surface area contributed by atoms with Gasteiger partial charge in [-0.1, -0.05) is 0 Å². The van der Waals surface area contributed by atoms with Gasteiger partial charge in [0.15, 0.2) is 0 Å². The number of carbonyl (C=O) groups excluding carboxylic acids is 1. The Hall–Kier alpha value is -1.48. The van der Waals surface area contributed by atoms with Gasteiger partial charge in [0, 0.05) is 18.0 Å². The first kappa shape index (κ1) is 18.6. The lowest BCUT2D eigenvalue weighted by Gasteiger charge is -2.22. The molecule has 1 atom stereocenters. The molecule has 2 amide bonds. The van der Waals surface area contributed by atoms with Crippen molar-refractivity contribution in [2.75, 3.05) is 23.9 Å². The van der Waals surface area contributed by atoms with Crippen molar-refractivity contribution in [1.82, 2.24) is 5.32 Å². The van der Waals surface area contributed by atoms with Crippen molar-refractivity contribution in [3.05, 3.63) is 29.6 Å². The molecule has 0 fully saturated rings. The first-order chi connectivity index (χ1) is 10.0. The maximum absolute atomic E-state index is 13.1. The van der Waals surface area contributed by atoms with Crippen LogP contribution in [-0.4, -0.2) is 35.3 Å². The minimum Gasteiger partial charge on any atom is -0.387 e. The molecule has 1 aromatic rings. The molecule has 0 saturated heterocycles. The number of benzene rings is 1. The summed E-state index contributed by atoms with van der Waals surface area (Å²) in [4.78, 5) is 11.6. The number of halogens is 4. The van der Waals surface area contributed by atoms with E-state index in [1.807, 2.05) is 0 Å². The Labute approximate surface area is 129 Å². The highest BCUT2D eigenvalue weighted by Crippen LogP contribution is 2.32. The predicted molar refractivity (Wildman–Crippen MR) is 77.4 cm³/mol. The molecule has 1 aromatic carbocycles. The zero-order valence-electron chi connectivity index (χ0n) is 11.9. The SMILES string of the molecule is CSCC(C)(O)CNC(=O)Nc1ccc(F)c(C(F)(F)F)c1. The molecule has 0 spiro atoms. The fourth-order valence-corrected chi connectivity index (χ4v) is 2.35. The van der Waals surface area contributed by atoms with Crippen LogP contribution < -0.4 is 10.6 Å². The number of alkyl halides is 3. The van der Waals surface area contributed by atoms with Gasteiger partial charge in [0.1, 0.15) is 5.82 Å². The van der Waals surface area contributed by atoms with Gasteiger partial charge in [-0.05, 0) is 31.4 Å². The first-order valence-corrected chi connectivity index (χ1v) is 7.57. The number of nitrogens with one attached hydrogen (secondary N) is 2. The molecule has 0 aliphatic carbocycles. The minimum atomic E-state index is -4.85. The number of hydrogen-bond acceptors (Lipinski definition) is 3. The minimum absolute atomic E-state index is 0.0764. The molecule has 3 N–H and O–H groups in total.